The molecule has 1 atom stereocenters. The van der Waals surface area contributed by atoms with Crippen molar-refractivity contribution >= 4 is 11.9 Å². The number of methoxy groups -OCH3 is 1. The summed E-state index contributed by atoms with van der Waals surface area (Å²) < 4.78 is 15.1. The first kappa shape index (κ1) is 13.2. The smallest absolute Gasteiger partial charge is 0.409 e. The van der Waals surface area contributed by atoms with E-state index in [1.807, 2.05) is 5.48 Å². The highest BCUT2D eigenvalue weighted by atomic mass is 16.8. The van der Waals surface area contributed by atoms with Gasteiger partial charge in [-0.05, 0) is 6.42 Å². The Balaban J connectivity index is 2.05. The van der Waals surface area contributed by atoms with Gasteiger partial charge in [0, 0.05) is 6.54 Å². The Hall–Kier alpha value is -1.22. The zero-order chi connectivity index (χ0) is 13.2. The Kier molecular flexibility index (Phi) is 3.81. The van der Waals surface area contributed by atoms with Crippen LogP contribution >= 0.6 is 0 Å². The molecule has 2 fully saturated rings. The quantitative estimate of drug-likeness (QED) is 0.635. The monoisotopic (exact) mass is 260 g/mol. The lowest BCUT2D eigenvalue weighted by atomic mass is 9.92. The second kappa shape index (κ2) is 5.19. The molecule has 0 radical (unpaired) electrons. The summed E-state index contributed by atoms with van der Waals surface area (Å²) >= 11 is 0. The van der Waals surface area contributed by atoms with E-state index in [0.717, 1.165) is 0 Å². The molecule has 102 valence electrons. The van der Waals surface area contributed by atoms with E-state index in [9.17, 15) is 9.59 Å². The van der Waals surface area contributed by atoms with Crippen LogP contribution in [0.15, 0.2) is 0 Å². The summed E-state index contributed by atoms with van der Waals surface area (Å²) in [4.78, 5) is 24.6. The maximum atomic E-state index is 12.0. The summed E-state index contributed by atoms with van der Waals surface area (Å²) in [5.74, 6) is -2.36. The third-order valence-electron chi connectivity index (χ3n) is 3.19. The Bertz CT molecular complexity index is 341. The molecule has 0 bridgehead atoms. The number of Topliss-reactive ketones (excluding diaryl/α,β-unsaturated/α-hetero) is 1. The van der Waals surface area contributed by atoms with Gasteiger partial charge in [0.2, 0.25) is 0 Å². The van der Waals surface area contributed by atoms with Gasteiger partial charge in [-0.25, -0.2) is 4.79 Å². The third kappa shape index (κ3) is 2.19. The van der Waals surface area contributed by atoms with Gasteiger partial charge in [0.25, 0.3) is 5.91 Å². The number of carbonyl (C=O) groups excluding carboxylic acids is 2. The second-order valence-electron chi connectivity index (χ2n) is 4.18. The molecular formula is C10H16N2O6. The first-order chi connectivity index (χ1) is 8.63. The Morgan fingerprint density at radius 1 is 1.56 bits per heavy atom. The van der Waals surface area contributed by atoms with Crippen molar-refractivity contribution in [1.82, 2.24) is 10.4 Å². The predicted octanol–water partition coefficient (Wildman–Crippen LogP) is -0.677. The zero-order valence-electron chi connectivity index (χ0n) is 10.0. The molecule has 0 aromatic heterocycles. The molecular weight excluding hydrogens is 244 g/mol. The first-order valence-corrected chi connectivity index (χ1v) is 5.68. The minimum absolute atomic E-state index is 0.0759. The van der Waals surface area contributed by atoms with Gasteiger partial charge in [-0.3, -0.25) is 4.79 Å². The van der Waals surface area contributed by atoms with Crippen molar-refractivity contribution in [2.75, 3.05) is 33.4 Å². The molecule has 2 N–H and O–H groups in total. The molecule has 0 aromatic carbocycles. The number of nitrogens with one attached hydrogen (secondary N) is 1. The van der Waals surface area contributed by atoms with Crippen LogP contribution in [0.1, 0.15) is 6.42 Å². The molecule has 1 amide bonds. The number of carbonyl (C=O) groups is 2. The summed E-state index contributed by atoms with van der Waals surface area (Å²) in [5.41, 5.74) is 1.94. The van der Waals surface area contributed by atoms with Gasteiger partial charge in [0.05, 0.1) is 32.8 Å². The van der Waals surface area contributed by atoms with E-state index in [1.54, 1.807) is 0 Å². The van der Waals surface area contributed by atoms with Crippen molar-refractivity contribution in [1.29, 1.82) is 0 Å². The highest BCUT2D eigenvalue weighted by Crippen LogP contribution is 2.31. The number of likely N-dealkylation sites (tertiary alicyclic amines) is 1. The van der Waals surface area contributed by atoms with Gasteiger partial charge < -0.3 is 24.3 Å². The highest BCUT2D eigenvalue weighted by Gasteiger charge is 2.50. The van der Waals surface area contributed by atoms with Crippen LogP contribution in [0.5, 0.6) is 0 Å². The standard InChI is InChI=1S/C10H16N2O6/c1-16-9(14)12-3-2-7(8(13)6-12)10(11-15)17-4-5-18-10/h7,11,15H,2-6H2,1H3. The number of piperidine rings is 1. The van der Waals surface area contributed by atoms with E-state index in [2.05, 4.69) is 4.74 Å². The molecule has 2 saturated heterocycles. The molecule has 18 heavy (non-hydrogen) atoms. The van der Waals surface area contributed by atoms with Crippen LogP contribution in [0.4, 0.5) is 4.79 Å². The van der Waals surface area contributed by atoms with Gasteiger partial charge in [0.15, 0.2) is 5.78 Å². The lowest BCUT2D eigenvalue weighted by Gasteiger charge is -2.37. The van der Waals surface area contributed by atoms with Crippen molar-refractivity contribution < 1.29 is 29.0 Å². The number of ketones is 1. The van der Waals surface area contributed by atoms with Gasteiger partial charge in [-0.15, -0.1) is 5.48 Å². The average molecular weight is 260 g/mol. The van der Waals surface area contributed by atoms with E-state index >= 15 is 0 Å². The third-order valence-corrected chi connectivity index (χ3v) is 3.19. The van der Waals surface area contributed by atoms with Gasteiger partial charge in [-0.1, -0.05) is 0 Å². The van der Waals surface area contributed by atoms with Crippen molar-refractivity contribution in [3.8, 4) is 0 Å². The summed E-state index contributed by atoms with van der Waals surface area (Å²) in [5, 5.41) is 9.15. The topological polar surface area (TPSA) is 97.3 Å². The Labute approximate surface area is 104 Å². The van der Waals surface area contributed by atoms with Crippen molar-refractivity contribution in [2.45, 2.75) is 12.3 Å². The molecule has 2 heterocycles. The van der Waals surface area contributed by atoms with E-state index in [1.165, 1.54) is 12.0 Å². The number of amides is 1. The van der Waals surface area contributed by atoms with Crippen LogP contribution in [-0.2, 0) is 19.0 Å². The minimum atomic E-state index is -1.47. The van der Waals surface area contributed by atoms with Gasteiger partial charge >= 0.3 is 6.09 Å². The second-order valence-corrected chi connectivity index (χ2v) is 4.18. The number of rotatable bonds is 2. The fourth-order valence-electron chi connectivity index (χ4n) is 2.28. The lowest BCUT2D eigenvalue weighted by Crippen LogP contribution is -2.58. The fraction of sp³-hybridized carbons (Fsp3) is 0.800. The van der Waals surface area contributed by atoms with Crippen molar-refractivity contribution in [2.24, 2.45) is 5.92 Å². The number of hydrogen-bond donors (Lipinski definition) is 2. The van der Waals surface area contributed by atoms with E-state index in [4.69, 9.17) is 14.7 Å². The predicted molar refractivity (Wildman–Crippen MR) is 56.6 cm³/mol. The van der Waals surface area contributed by atoms with Crippen LogP contribution in [-0.4, -0.2) is 61.3 Å². The molecule has 2 aliphatic heterocycles. The molecule has 2 rings (SSSR count). The maximum Gasteiger partial charge on any atom is 0.409 e. The summed E-state index contributed by atoms with van der Waals surface area (Å²) in [7, 11) is 1.26. The van der Waals surface area contributed by atoms with Gasteiger partial charge in [-0.2, -0.15) is 0 Å². The normalized spacial score (nSPS) is 27.3. The largest absolute Gasteiger partial charge is 0.453 e. The van der Waals surface area contributed by atoms with Crippen LogP contribution in [0, 0.1) is 5.92 Å². The van der Waals surface area contributed by atoms with Gasteiger partial charge in [0.1, 0.15) is 0 Å². The summed E-state index contributed by atoms with van der Waals surface area (Å²) in [6, 6.07) is 0. The SMILES string of the molecule is COC(=O)N1CCC(C2(NO)OCCO2)C(=O)C1. The number of hydrogen-bond acceptors (Lipinski definition) is 7. The molecule has 0 aliphatic carbocycles. The van der Waals surface area contributed by atoms with Crippen molar-refractivity contribution in [3.05, 3.63) is 0 Å². The molecule has 8 heteroatoms. The minimum Gasteiger partial charge on any atom is -0.453 e. The van der Waals surface area contributed by atoms with Crippen LogP contribution < -0.4 is 5.48 Å². The van der Waals surface area contributed by atoms with E-state index < -0.39 is 17.9 Å². The summed E-state index contributed by atoms with van der Waals surface area (Å²) in [6.45, 7) is 0.878. The molecule has 0 aromatic rings. The van der Waals surface area contributed by atoms with Crippen LogP contribution in [0.2, 0.25) is 0 Å². The fourth-order valence-corrected chi connectivity index (χ4v) is 2.28. The molecule has 0 saturated carbocycles. The first-order valence-electron chi connectivity index (χ1n) is 5.68. The van der Waals surface area contributed by atoms with E-state index in [0.29, 0.717) is 26.2 Å². The zero-order valence-corrected chi connectivity index (χ0v) is 10.0. The number of ether oxygens (including phenoxy) is 3. The van der Waals surface area contributed by atoms with Crippen LogP contribution in [0.3, 0.4) is 0 Å². The molecule has 1 unspecified atom stereocenters. The molecule has 8 nitrogen and oxygen atoms in total. The van der Waals surface area contributed by atoms with Crippen LogP contribution in [0.25, 0.3) is 0 Å². The molecule has 0 spiro atoms. The lowest BCUT2D eigenvalue weighted by molar-refractivity contribution is -0.265. The Morgan fingerprint density at radius 3 is 2.72 bits per heavy atom. The summed E-state index contributed by atoms with van der Waals surface area (Å²) in [6.07, 6.45) is -0.206. The number of nitrogens with zero attached hydrogens (tertiary/aromatic N) is 1. The maximum absolute atomic E-state index is 12.0. The molecule has 2 aliphatic rings. The average Bonchev–Trinajstić information content (AvgIpc) is 2.87. The van der Waals surface area contributed by atoms with E-state index in [-0.39, 0.29) is 12.3 Å². The highest BCUT2D eigenvalue weighted by molar-refractivity contribution is 5.87. The van der Waals surface area contributed by atoms with Crippen molar-refractivity contribution in [3.63, 3.8) is 0 Å². The number of hydroxylamine groups is 1. The Morgan fingerprint density at radius 2 is 2.22 bits per heavy atom.